The maximum atomic E-state index is 3.63. The topological polar surface area (TPSA) is 4.93 Å². The molecule has 3 rings (SSSR count). The first-order valence-corrected chi connectivity index (χ1v) is 10.9. The molecule has 3 aromatic rings. The molecule has 1 unspecified atom stereocenters. The highest BCUT2D eigenvalue weighted by atomic mass is 79.9. The molecule has 0 aliphatic carbocycles. The summed E-state index contributed by atoms with van der Waals surface area (Å²) in [6, 6.07) is 13.3. The smallest absolute Gasteiger partial charge is 0.0492 e. The molecule has 1 atom stereocenters. The number of hydrogen-bond donors (Lipinski definition) is 0. The Balaban J connectivity index is 1.85. The summed E-state index contributed by atoms with van der Waals surface area (Å²) >= 11 is 7.25. The SMILES string of the molecule is CC(C)CCCC(C)CCn1c2ccc(Br)cc2c2cc(Br)ccc21. The van der Waals surface area contributed by atoms with Crippen LogP contribution in [0.1, 0.15) is 46.5 Å². The Morgan fingerprint density at radius 1 is 0.800 bits per heavy atom. The van der Waals surface area contributed by atoms with E-state index in [9.17, 15) is 0 Å². The summed E-state index contributed by atoms with van der Waals surface area (Å²) in [6.45, 7) is 8.13. The molecular formula is C22H27Br2N. The number of fused-ring (bicyclic) bond motifs is 3. The van der Waals surface area contributed by atoms with E-state index in [1.807, 2.05) is 0 Å². The Kier molecular flexibility index (Phi) is 6.27. The van der Waals surface area contributed by atoms with Crippen LogP contribution in [0.2, 0.25) is 0 Å². The molecule has 134 valence electrons. The van der Waals surface area contributed by atoms with E-state index in [0.717, 1.165) is 27.3 Å². The van der Waals surface area contributed by atoms with Gasteiger partial charge in [-0.1, -0.05) is 71.9 Å². The largest absolute Gasteiger partial charge is 0.340 e. The fourth-order valence-corrected chi connectivity index (χ4v) is 4.38. The molecule has 1 heterocycles. The molecule has 0 amide bonds. The van der Waals surface area contributed by atoms with Crippen LogP contribution >= 0.6 is 31.9 Å². The van der Waals surface area contributed by atoms with Crippen LogP contribution < -0.4 is 0 Å². The van der Waals surface area contributed by atoms with Crippen molar-refractivity contribution in [3.63, 3.8) is 0 Å². The molecule has 0 saturated carbocycles. The molecule has 0 saturated heterocycles. The van der Waals surface area contributed by atoms with Crippen molar-refractivity contribution in [2.24, 2.45) is 11.8 Å². The van der Waals surface area contributed by atoms with Crippen molar-refractivity contribution in [1.29, 1.82) is 0 Å². The zero-order chi connectivity index (χ0) is 18.0. The van der Waals surface area contributed by atoms with E-state index in [1.54, 1.807) is 0 Å². The molecule has 0 bridgehead atoms. The quantitative estimate of drug-likeness (QED) is 0.332. The lowest BCUT2D eigenvalue weighted by atomic mass is 9.97. The van der Waals surface area contributed by atoms with Crippen molar-refractivity contribution in [1.82, 2.24) is 4.57 Å². The third-order valence-corrected chi connectivity index (χ3v) is 6.10. The fourth-order valence-electron chi connectivity index (χ4n) is 3.66. The Bertz CT molecular complexity index is 804. The lowest BCUT2D eigenvalue weighted by molar-refractivity contribution is 0.419. The average molecular weight is 465 g/mol. The lowest BCUT2D eigenvalue weighted by Gasteiger charge is -2.14. The van der Waals surface area contributed by atoms with E-state index < -0.39 is 0 Å². The molecule has 1 nitrogen and oxygen atoms in total. The molecule has 0 aliphatic heterocycles. The third-order valence-electron chi connectivity index (χ3n) is 5.11. The van der Waals surface area contributed by atoms with Gasteiger partial charge >= 0.3 is 0 Å². The molecule has 0 fully saturated rings. The normalized spacial score (nSPS) is 13.2. The second-order valence-corrected chi connectivity index (χ2v) is 9.52. The van der Waals surface area contributed by atoms with Crippen molar-refractivity contribution in [2.45, 2.75) is 53.0 Å². The molecule has 0 spiro atoms. The lowest BCUT2D eigenvalue weighted by Crippen LogP contribution is -2.04. The summed E-state index contributed by atoms with van der Waals surface area (Å²) in [5.74, 6) is 1.60. The zero-order valence-electron chi connectivity index (χ0n) is 15.4. The van der Waals surface area contributed by atoms with Crippen molar-refractivity contribution in [3.05, 3.63) is 45.3 Å². The van der Waals surface area contributed by atoms with E-state index in [1.165, 1.54) is 47.5 Å². The van der Waals surface area contributed by atoms with E-state index in [0.29, 0.717) is 0 Å². The van der Waals surface area contributed by atoms with Crippen molar-refractivity contribution >= 4 is 53.7 Å². The highest BCUT2D eigenvalue weighted by Crippen LogP contribution is 2.33. The maximum Gasteiger partial charge on any atom is 0.0492 e. The molecule has 0 N–H and O–H groups in total. The van der Waals surface area contributed by atoms with Gasteiger partial charge in [-0.3, -0.25) is 0 Å². The van der Waals surface area contributed by atoms with Crippen molar-refractivity contribution in [2.75, 3.05) is 0 Å². The monoisotopic (exact) mass is 463 g/mol. The fraction of sp³-hybridized carbons (Fsp3) is 0.455. The highest BCUT2D eigenvalue weighted by Gasteiger charge is 2.12. The van der Waals surface area contributed by atoms with Crippen LogP contribution in [0.15, 0.2) is 45.3 Å². The maximum absolute atomic E-state index is 3.63. The van der Waals surface area contributed by atoms with Gasteiger partial charge in [0.1, 0.15) is 0 Å². The Labute approximate surface area is 168 Å². The molecule has 0 radical (unpaired) electrons. The third kappa shape index (κ3) is 4.49. The van der Waals surface area contributed by atoms with Crippen LogP contribution in [0.3, 0.4) is 0 Å². The molecule has 25 heavy (non-hydrogen) atoms. The number of aromatic nitrogens is 1. The van der Waals surface area contributed by atoms with Gasteiger partial charge in [0.25, 0.3) is 0 Å². The van der Waals surface area contributed by atoms with Crippen LogP contribution in [-0.4, -0.2) is 4.57 Å². The molecular weight excluding hydrogens is 438 g/mol. The Morgan fingerprint density at radius 3 is 1.88 bits per heavy atom. The van der Waals surface area contributed by atoms with Gasteiger partial charge in [0, 0.05) is 37.3 Å². The minimum absolute atomic E-state index is 0.775. The van der Waals surface area contributed by atoms with Gasteiger partial charge in [0.05, 0.1) is 0 Å². The number of rotatable bonds is 7. The van der Waals surface area contributed by atoms with Gasteiger partial charge in [-0.25, -0.2) is 0 Å². The summed E-state index contributed by atoms with van der Waals surface area (Å²) < 4.78 is 4.78. The summed E-state index contributed by atoms with van der Waals surface area (Å²) in [6.07, 6.45) is 5.28. The van der Waals surface area contributed by atoms with Gasteiger partial charge in [0.2, 0.25) is 0 Å². The number of aryl methyl sites for hydroxylation is 1. The van der Waals surface area contributed by atoms with E-state index >= 15 is 0 Å². The second kappa shape index (κ2) is 8.26. The van der Waals surface area contributed by atoms with Crippen LogP contribution in [-0.2, 0) is 6.54 Å². The summed E-state index contributed by atoms with van der Waals surface area (Å²) in [7, 11) is 0. The standard InChI is InChI=1S/C22H27Br2N/c1-15(2)5-4-6-16(3)11-12-25-21-9-7-17(23)13-19(21)20-14-18(24)8-10-22(20)25/h7-10,13-16H,4-6,11-12H2,1-3H3. The average Bonchev–Trinajstić information content (AvgIpc) is 2.85. The Hall–Kier alpha value is -0.800. The number of hydrogen-bond acceptors (Lipinski definition) is 0. The number of nitrogens with zero attached hydrogens (tertiary/aromatic N) is 1. The van der Waals surface area contributed by atoms with Crippen LogP contribution in [0.5, 0.6) is 0 Å². The van der Waals surface area contributed by atoms with Gasteiger partial charge in [-0.2, -0.15) is 0 Å². The zero-order valence-corrected chi connectivity index (χ0v) is 18.5. The van der Waals surface area contributed by atoms with Crippen LogP contribution in [0.25, 0.3) is 21.8 Å². The molecule has 3 heteroatoms. The predicted molar refractivity (Wildman–Crippen MR) is 117 cm³/mol. The summed E-state index contributed by atoms with van der Waals surface area (Å²) in [4.78, 5) is 0. The number of halogens is 2. The second-order valence-electron chi connectivity index (χ2n) is 7.69. The summed E-state index contributed by atoms with van der Waals surface area (Å²) in [5.41, 5.74) is 2.68. The highest BCUT2D eigenvalue weighted by molar-refractivity contribution is 9.10. The Morgan fingerprint density at radius 2 is 1.36 bits per heavy atom. The van der Waals surface area contributed by atoms with E-state index in [2.05, 4.69) is 93.6 Å². The first-order chi connectivity index (χ1) is 12.0. The molecule has 0 aliphatic rings. The summed E-state index contributed by atoms with van der Waals surface area (Å²) in [5, 5.41) is 2.66. The van der Waals surface area contributed by atoms with Gasteiger partial charge in [-0.05, 0) is 54.7 Å². The molecule has 2 aromatic carbocycles. The molecule has 1 aromatic heterocycles. The number of benzene rings is 2. The first-order valence-electron chi connectivity index (χ1n) is 9.32. The predicted octanol–water partition coefficient (Wildman–Crippen LogP) is 8.17. The van der Waals surface area contributed by atoms with Gasteiger partial charge < -0.3 is 4.57 Å². The van der Waals surface area contributed by atoms with E-state index in [-0.39, 0.29) is 0 Å². The first kappa shape index (κ1) is 19.0. The van der Waals surface area contributed by atoms with Crippen molar-refractivity contribution < 1.29 is 0 Å². The van der Waals surface area contributed by atoms with Gasteiger partial charge in [0.15, 0.2) is 0 Å². The van der Waals surface area contributed by atoms with Crippen LogP contribution in [0, 0.1) is 11.8 Å². The van der Waals surface area contributed by atoms with E-state index in [4.69, 9.17) is 0 Å². The van der Waals surface area contributed by atoms with Gasteiger partial charge in [-0.15, -0.1) is 0 Å². The van der Waals surface area contributed by atoms with Crippen molar-refractivity contribution in [3.8, 4) is 0 Å². The van der Waals surface area contributed by atoms with Crippen LogP contribution in [0.4, 0.5) is 0 Å². The minimum Gasteiger partial charge on any atom is -0.340 e. The minimum atomic E-state index is 0.775.